The van der Waals surface area contributed by atoms with Crippen LogP contribution in [0.3, 0.4) is 0 Å². The monoisotopic (exact) mass is 199 g/mol. The van der Waals surface area contributed by atoms with Gasteiger partial charge in [-0.05, 0) is 13.3 Å². The van der Waals surface area contributed by atoms with Crippen LogP contribution in [0, 0.1) is 6.92 Å². The molecule has 1 aromatic heterocycles. The molecular formula is C9H13NO4. The number of aromatic carboxylic acids is 1. The molecule has 5 heteroatoms. The number of aryl methyl sites for hydroxylation is 1. The Balaban J connectivity index is 2.62. The van der Waals surface area contributed by atoms with Crippen molar-refractivity contribution in [3.63, 3.8) is 0 Å². The molecule has 14 heavy (non-hydrogen) atoms. The van der Waals surface area contributed by atoms with Gasteiger partial charge in [0.15, 0.2) is 0 Å². The summed E-state index contributed by atoms with van der Waals surface area (Å²) in [6.07, 6.45) is 0.908. The predicted octanol–water partition coefficient (Wildman–Crippen LogP) is 1.61. The maximum Gasteiger partial charge on any atom is 0.373 e. The van der Waals surface area contributed by atoms with Crippen LogP contribution in [0.15, 0.2) is 4.42 Å². The van der Waals surface area contributed by atoms with Gasteiger partial charge >= 0.3 is 5.97 Å². The summed E-state index contributed by atoms with van der Waals surface area (Å²) in [4.78, 5) is 14.5. The van der Waals surface area contributed by atoms with E-state index in [2.05, 4.69) is 4.98 Å². The van der Waals surface area contributed by atoms with Gasteiger partial charge in [-0.1, -0.05) is 6.92 Å². The first-order chi connectivity index (χ1) is 6.65. The number of carbonyl (C=O) groups is 1. The summed E-state index contributed by atoms with van der Waals surface area (Å²) in [7, 11) is 0. The summed E-state index contributed by atoms with van der Waals surface area (Å²) >= 11 is 0. The van der Waals surface area contributed by atoms with Crippen LogP contribution < -0.4 is 0 Å². The maximum absolute atomic E-state index is 10.6. The van der Waals surface area contributed by atoms with Crippen molar-refractivity contribution in [2.45, 2.75) is 26.9 Å². The molecule has 1 aromatic rings. The Morgan fingerprint density at radius 3 is 2.86 bits per heavy atom. The van der Waals surface area contributed by atoms with Gasteiger partial charge in [0.25, 0.3) is 0 Å². The molecule has 1 rings (SSSR count). The number of nitrogens with zero attached hydrogens (tertiary/aromatic N) is 1. The van der Waals surface area contributed by atoms with E-state index in [9.17, 15) is 4.79 Å². The fraction of sp³-hybridized carbons (Fsp3) is 0.556. The molecule has 78 valence electrons. The average molecular weight is 199 g/mol. The second-order valence-electron chi connectivity index (χ2n) is 2.88. The van der Waals surface area contributed by atoms with Gasteiger partial charge in [-0.25, -0.2) is 9.78 Å². The van der Waals surface area contributed by atoms with Crippen LogP contribution in [0.25, 0.3) is 0 Å². The molecular weight excluding hydrogens is 186 g/mol. The molecule has 0 saturated heterocycles. The Morgan fingerprint density at radius 1 is 1.64 bits per heavy atom. The van der Waals surface area contributed by atoms with E-state index in [1.54, 1.807) is 6.92 Å². The summed E-state index contributed by atoms with van der Waals surface area (Å²) in [5.74, 6) is -0.898. The van der Waals surface area contributed by atoms with E-state index < -0.39 is 5.97 Å². The van der Waals surface area contributed by atoms with Crippen molar-refractivity contribution in [3.05, 3.63) is 17.3 Å². The lowest BCUT2D eigenvalue weighted by molar-refractivity contribution is 0.0645. The topological polar surface area (TPSA) is 72.6 Å². The first-order valence-electron chi connectivity index (χ1n) is 4.42. The van der Waals surface area contributed by atoms with E-state index >= 15 is 0 Å². The van der Waals surface area contributed by atoms with Crippen LogP contribution in [0.4, 0.5) is 0 Å². The Bertz CT molecular complexity index is 319. The molecule has 0 spiro atoms. The van der Waals surface area contributed by atoms with E-state index in [4.69, 9.17) is 14.3 Å². The second-order valence-corrected chi connectivity index (χ2v) is 2.88. The third-order valence-corrected chi connectivity index (χ3v) is 1.61. The third kappa shape index (κ3) is 2.56. The normalized spacial score (nSPS) is 10.4. The second kappa shape index (κ2) is 4.76. The first-order valence-corrected chi connectivity index (χ1v) is 4.42. The van der Waals surface area contributed by atoms with E-state index in [0.717, 1.165) is 6.42 Å². The average Bonchev–Trinajstić information content (AvgIpc) is 2.47. The molecule has 5 nitrogen and oxygen atoms in total. The van der Waals surface area contributed by atoms with Gasteiger partial charge in [0, 0.05) is 6.61 Å². The van der Waals surface area contributed by atoms with Crippen molar-refractivity contribution >= 4 is 5.97 Å². The number of hydrogen-bond donors (Lipinski definition) is 1. The molecule has 0 bridgehead atoms. The molecule has 0 aliphatic rings. The van der Waals surface area contributed by atoms with Gasteiger partial charge in [0.2, 0.25) is 11.7 Å². The van der Waals surface area contributed by atoms with Crippen molar-refractivity contribution in [2.24, 2.45) is 0 Å². The Labute approximate surface area is 81.7 Å². The molecule has 1 heterocycles. The maximum atomic E-state index is 10.6. The van der Waals surface area contributed by atoms with Crippen LogP contribution in [0.5, 0.6) is 0 Å². The van der Waals surface area contributed by atoms with Crippen LogP contribution in [0.2, 0.25) is 0 Å². The number of carboxylic acids is 1. The molecule has 0 fully saturated rings. The van der Waals surface area contributed by atoms with Gasteiger partial charge in [-0.15, -0.1) is 0 Å². The smallest absolute Gasteiger partial charge is 0.373 e. The van der Waals surface area contributed by atoms with Gasteiger partial charge in [-0.2, -0.15) is 0 Å². The van der Waals surface area contributed by atoms with E-state index in [0.29, 0.717) is 18.2 Å². The molecule has 0 aliphatic heterocycles. The number of aromatic nitrogens is 1. The van der Waals surface area contributed by atoms with Crippen molar-refractivity contribution < 1.29 is 19.1 Å². The lowest BCUT2D eigenvalue weighted by Gasteiger charge is -1.96. The molecule has 0 saturated carbocycles. The highest BCUT2D eigenvalue weighted by molar-refractivity contribution is 5.85. The van der Waals surface area contributed by atoms with Crippen LogP contribution >= 0.6 is 0 Å². The Kier molecular flexibility index (Phi) is 3.64. The summed E-state index contributed by atoms with van der Waals surface area (Å²) in [6.45, 7) is 4.42. The Morgan fingerprint density at radius 2 is 2.36 bits per heavy atom. The summed E-state index contributed by atoms with van der Waals surface area (Å²) in [5, 5.41) is 8.68. The first kappa shape index (κ1) is 10.7. The fourth-order valence-electron chi connectivity index (χ4n) is 1.02. The number of oxazole rings is 1. The predicted molar refractivity (Wildman–Crippen MR) is 48.1 cm³/mol. The standard InChI is InChI=1S/C9H13NO4/c1-3-4-13-5-7-10-6(2)8(14-7)9(11)12/h3-5H2,1-2H3,(H,11,12). The zero-order valence-corrected chi connectivity index (χ0v) is 8.24. The van der Waals surface area contributed by atoms with Gasteiger partial charge in [0.05, 0.1) is 5.69 Å². The fourth-order valence-corrected chi connectivity index (χ4v) is 1.02. The minimum absolute atomic E-state index is 0.111. The zero-order valence-electron chi connectivity index (χ0n) is 8.24. The molecule has 0 amide bonds. The number of hydrogen-bond acceptors (Lipinski definition) is 4. The molecule has 1 N–H and O–H groups in total. The van der Waals surface area contributed by atoms with E-state index in [1.165, 1.54) is 0 Å². The van der Waals surface area contributed by atoms with Gasteiger partial charge in [-0.3, -0.25) is 0 Å². The lowest BCUT2D eigenvalue weighted by Crippen LogP contribution is -1.95. The van der Waals surface area contributed by atoms with Crippen LogP contribution in [-0.2, 0) is 11.3 Å². The lowest BCUT2D eigenvalue weighted by atomic mass is 10.4. The van der Waals surface area contributed by atoms with Crippen LogP contribution in [0.1, 0.15) is 35.5 Å². The molecule has 0 radical (unpaired) electrons. The highest BCUT2D eigenvalue weighted by Gasteiger charge is 2.15. The van der Waals surface area contributed by atoms with Crippen molar-refractivity contribution in [1.29, 1.82) is 0 Å². The number of carboxylic acid groups (broad SMARTS) is 1. The molecule has 0 aliphatic carbocycles. The summed E-state index contributed by atoms with van der Waals surface area (Å²) < 4.78 is 10.2. The molecule has 0 unspecified atom stereocenters. The van der Waals surface area contributed by atoms with Gasteiger partial charge in [0.1, 0.15) is 6.61 Å². The summed E-state index contributed by atoms with van der Waals surface area (Å²) in [5.41, 5.74) is 0.382. The Hall–Kier alpha value is -1.36. The van der Waals surface area contributed by atoms with E-state index in [-0.39, 0.29) is 12.4 Å². The van der Waals surface area contributed by atoms with Gasteiger partial charge < -0.3 is 14.3 Å². The zero-order chi connectivity index (χ0) is 10.6. The molecule has 0 atom stereocenters. The molecule has 0 aromatic carbocycles. The third-order valence-electron chi connectivity index (χ3n) is 1.61. The largest absolute Gasteiger partial charge is 0.475 e. The highest BCUT2D eigenvalue weighted by Crippen LogP contribution is 2.10. The van der Waals surface area contributed by atoms with Crippen molar-refractivity contribution in [1.82, 2.24) is 4.98 Å². The minimum Gasteiger partial charge on any atom is -0.475 e. The van der Waals surface area contributed by atoms with E-state index in [1.807, 2.05) is 6.92 Å². The quantitative estimate of drug-likeness (QED) is 0.729. The number of ether oxygens (including phenoxy) is 1. The number of rotatable bonds is 5. The van der Waals surface area contributed by atoms with Crippen molar-refractivity contribution in [3.8, 4) is 0 Å². The minimum atomic E-state index is -1.10. The van der Waals surface area contributed by atoms with Crippen molar-refractivity contribution in [2.75, 3.05) is 6.61 Å². The highest BCUT2D eigenvalue weighted by atomic mass is 16.5. The summed E-state index contributed by atoms with van der Waals surface area (Å²) in [6, 6.07) is 0. The van der Waals surface area contributed by atoms with Crippen LogP contribution in [-0.4, -0.2) is 22.7 Å². The SMILES string of the molecule is CCCOCc1nc(C)c(C(=O)O)o1.